The Morgan fingerprint density at radius 1 is 1.17 bits per heavy atom. The Morgan fingerprint density at radius 3 is 2.42 bits per heavy atom. The monoisotopic (exact) mass is 388 g/mol. The average molecular weight is 389 g/mol. The van der Waals surface area contributed by atoms with Gasteiger partial charge in [0, 0.05) is 15.6 Å². The number of hydrogen-bond donors (Lipinski definition) is 1. The molecule has 4 nitrogen and oxygen atoms in total. The molecule has 0 saturated carbocycles. The van der Waals surface area contributed by atoms with Gasteiger partial charge in [-0.2, -0.15) is 0 Å². The number of ketones is 1. The fraction of sp³-hybridized carbons (Fsp3) is 0.111. The van der Waals surface area contributed by atoms with Gasteiger partial charge in [0.25, 0.3) is 0 Å². The summed E-state index contributed by atoms with van der Waals surface area (Å²) in [4.78, 5) is 12.4. The van der Waals surface area contributed by atoms with Crippen molar-refractivity contribution in [2.45, 2.75) is 6.54 Å². The zero-order valence-corrected chi connectivity index (χ0v) is 14.6. The van der Waals surface area contributed by atoms with Crippen LogP contribution in [0.1, 0.15) is 10.4 Å². The molecule has 6 heteroatoms. The van der Waals surface area contributed by atoms with E-state index < -0.39 is 0 Å². The quantitative estimate of drug-likeness (QED) is 0.550. The summed E-state index contributed by atoms with van der Waals surface area (Å²) in [5, 5.41) is 0. The number of aromatic nitrogens is 2. The second kappa shape index (κ2) is 6.57. The topological polar surface area (TPSA) is 51.9 Å². The van der Waals surface area contributed by atoms with Crippen LogP contribution in [0.2, 0.25) is 0 Å². The molecule has 24 heavy (non-hydrogen) atoms. The predicted molar refractivity (Wildman–Crippen MR) is 93.9 cm³/mol. The minimum Gasteiger partial charge on any atom is -0.291 e. The number of rotatable bonds is 4. The Bertz CT molecular complexity index is 886. The number of hydrogen-bond acceptors (Lipinski definition) is 2. The van der Waals surface area contributed by atoms with Crippen molar-refractivity contribution in [2.75, 3.05) is 5.73 Å². The Morgan fingerprint density at radius 2 is 1.79 bits per heavy atom. The molecule has 0 aliphatic heterocycles. The number of carbonyl (C=O) groups excluding carboxylic acids is 1. The van der Waals surface area contributed by atoms with Gasteiger partial charge < -0.3 is 0 Å². The smallest absolute Gasteiger partial charge is 0.291 e. The van der Waals surface area contributed by atoms with E-state index in [0.29, 0.717) is 11.5 Å². The van der Waals surface area contributed by atoms with E-state index in [-0.39, 0.29) is 18.1 Å². The normalized spacial score (nSPS) is 10.8. The van der Waals surface area contributed by atoms with Crippen molar-refractivity contribution >= 4 is 27.7 Å². The molecule has 0 saturated heterocycles. The largest absolute Gasteiger partial charge is 0.355 e. The summed E-state index contributed by atoms with van der Waals surface area (Å²) in [6.07, 6.45) is 1.80. The third kappa shape index (κ3) is 3.23. The van der Waals surface area contributed by atoms with Gasteiger partial charge in [0.1, 0.15) is 24.3 Å². The van der Waals surface area contributed by atoms with Gasteiger partial charge in [0.15, 0.2) is 5.78 Å². The van der Waals surface area contributed by atoms with Gasteiger partial charge >= 0.3 is 5.95 Å². The van der Waals surface area contributed by atoms with Crippen LogP contribution in [0.5, 0.6) is 0 Å². The minimum atomic E-state index is -0.292. The summed E-state index contributed by atoms with van der Waals surface area (Å²) in [6, 6.07) is 13.4. The SMILES string of the molecule is Cn1c(-c2ccc(F)cc2)c[n+](CC(=O)c2ccc(Br)cc2)c1N. The third-order valence-electron chi connectivity index (χ3n) is 3.90. The van der Waals surface area contributed by atoms with Crippen LogP contribution in [-0.4, -0.2) is 10.4 Å². The van der Waals surface area contributed by atoms with Crippen LogP contribution in [0, 0.1) is 5.82 Å². The summed E-state index contributed by atoms with van der Waals surface area (Å²) < 4.78 is 17.5. The summed E-state index contributed by atoms with van der Waals surface area (Å²) in [6.45, 7) is 0.141. The van der Waals surface area contributed by atoms with Gasteiger partial charge in [0.05, 0.1) is 7.05 Å². The molecule has 3 aromatic rings. The van der Waals surface area contributed by atoms with Gasteiger partial charge in [-0.1, -0.05) is 28.1 Å². The second-order valence-electron chi connectivity index (χ2n) is 5.50. The zero-order chi connectivity index (χ0) is 17.3. The van der Waals surface area contributed by atoms with Crippen LogP contribution in [0.15, 0.2) is 59.2 Å². The van der Waals surface area contributed by atoms with Crippen molar-refractivity contribution in [3.8, 4) is 11.3 Å². The van der Waals surface area contributed by atoms with Gasteiger partial charge in [0.2, 0.25) is 0 Å². The van der Waals surface area contributed by atoms with E-state index in [1.54, 1.807) is 39.6 Å². The lowest BCUT2D eigenvalue weighted by Gasteiger charge is -2.00. The molecular weight excluding hydrogens is 373 g/mol. The Balaban J connectivity index is 1.89. The standard InChI is InChI=1S/C18H15BrFN3O/c1-22-16(12-4-8-15(20)9-5-12)10-23(18(22)21)11-17(24)13-2-6-14(19)7-3-13/h2-10,21H,11H2,1H3/p+1. The Labute approximate surface area is 147 Å². The number of imidazole rings is 1. The maximum absolute atomic E-state index is 13.1. The van der Waals surface area contributed by atoms with Crippen molar-refractivity contribution < 1.29 is 13.8 Å². The fourth-order valence-electron chi connectivity index (χ4n) is 2.51. The number of nitrogens with zero attached hydrogens (tertiary/aromatic N) is 2. The maximum atomic E-state index is 13.1. The summed E-state index contributed by atoms with van der Waals surface area (Å²) in [5.74, 6) is 0.134. The number of nitrogen functional groups attached to an aromatic ring is 1. The van der Waals surface area contributed by atoms with E-state index >= 15 is 0 Å². The number of nitrogens with two attached hydrogens (primary N) is 1. The van der Waals surface area contributed by atoms with E-state index in [0.717, 1.165) is 15.7 Å². The zero-order valence-electron chi connectivity index (χ0n) is 13.0. The van der Waals surface area contributed by atoms with Crippen LogP contribution < -0.4 is 10.3 Å². The Hall–Kier alpha value is -2.47. The molecule has 0 radical (unpaired) electrons. The first-order valence-corrected chi connectivity index (χ1v) is 8.14. The van der Waals surface area contributed by atoms with E-state index in [1.807, 2.05) is 19.2 Å². The fourth-order valence-corrected chi connectivity index (χ4v) is 2.78. The summed E-state index contributed by atoms with van der Waals surface area (Å²) >= 11 is 3.35. The number of halogens is 2. The molecule has 0 fully saturated rings. The van der Waals surface area contributed by atoms with E-state index in [9.17, 15) is 9.18 Å². The molecule has 0 aliphatic rings. The number of Topliss-reactive ketones (excluding diaryl/α,β-unsaturated/α-hetero) is 1. The lowest BCUT2D eigenvalue weighted by Crippen LogP contribution is -2.39. The molecule has 1 heterocycles. The first-order chi connectivity index (χ1) is 11.5. The molecule has 122 valence electrons. The summed E-state index contributed by atoms with van der Waals surface area (Å²) in [5.41, 5.74) is 8.39. The van der Waals surface area contributed by atoms with E-state index in [1.165, 1.54) is 12.1 Å². The van der Waals surface area contributed by atoms with Crippen LogP contribution in [0.25, 0.3) is 11.3 Å². The first-order valence-electron chi connectivity index (χ1n) is 7.35. The van der Waals surface area contributed by atoms with Crippen molar-refractivity contribution in [3.63, 3.8) is 0 Å². The molecule has 0 spiro atoms. The van der Waals surface area contributed by atoms with E-state index in [2.05, 4.69) is 15.9 Å². The van der Waals surface area contributed by atoms with Crippen molar-refractivity contribution in [2.24, 2.45) is 7.05 Å². The van der Waals surface area contributed by atoms with Crippen LogP contribution in [0.4, 0.5) is 10.3 Å². The third-order valence-corrected chi connectivity index (χ3v) is 4.43. The van der Waals surface area contributed by atoms with Crippen LogP contribution in [-0.2, 0) is 13.6 Å². The molecule has 0 atom stereocenters. The molecule has 0 unspecified atom stereocenters. The van der Waals surface area contributed by atoms with Crippen molar-refractivity contribution in [1.29, 1.82) is 0 Å². The highest BCUT2D eigenvalue weighted by molar-refractivity contribution is 9.10. The van der Waals surface area contributed by atoms with Gasteiger partial charge in [-0.3, -0.25) is 10.5 Å². The highest BCUT2D eigenvalue weighted by Crippen LogP contribution is 2.20. The molecule has 3 rings (SSSR count). The number of anilines is 1. The minimum absolute atomic E-state index is 0.0320. The first kappa shape index (κ1) is 16.4. The van der Waals surface area contributed by atoms with Crippen molar-refractivity contribution in [3.05, 3.63) is 70.6 Å². The van der Waals surface area contributed by atoms with Crippen molar-refractivity contribution in [1.82, 2.24) is 4.57 Å². The number of carbonyl (C=O) groups is 1. The van der Waals surface area contributed by atoms with Crippen LogP contribution >= 0.6 is 15.9 Å². The molecule has 0 amide bonds. The number of benzene rings is 2. The maximum Gasteiger partial charge on any atom is 0.355 e. The lowest BCUT2D eigenvalue weighted by atomic mass is 10.1. The van der Waals surface area contributed by atoms with Gasteiger partial charge in [-0.25, -0.2) is 13.5 Å². The second-order valence-corrected chi connectivity index (χ2v) is 6.41. The highest BCUT2D eigenvalue weighted by atomic mass is 79.9. The lowest BCUT2D eigenvalue weighted by molar-refractivity contribution is -0.667. The molecule has 2 aromatic carbocycles. The molecule has 2 N–H and O–H groups in total. The molecular formula is C18H16BrFN3O+. The molecule has 0 bridgehead atoms. The van der Waals surface area contributed by atoms with Crippen LogP contribution in [0.3, 0.4) is 0 Å². The summed E-state index contributed by atoms with van der Waals surface area (Å²) in [7, 11) is 1.81. The molecule has 1 aromatic heterocycles. The molecule has 0 aliphatic carbocycles. The van der Waals surface area contributed by atoms with Gasteiger partial charge in [-0.05, 0) is 36.4 Å². The predicted octanol–water partition coefficient (Wildman–Crippen LogP) is 3.35. The average Bonchev–Trinajstić information content (AvgIpc) is 2.85. The van der Waals surface area contributed by atoms with E-state index in [4.69, 9.17) is 5.73 Å². The Kier molecular flexibility index (Phi) is 4.49. The highest BCUT2D eigenvalue weighted by Gasteiger charge is 2.20. The van der Waals surface area contributed by atoms with Gasteiger partial charge in [-0.15, -0.1) is 0 Å².